The molecule has 0 bridgehead atoms. The summed E-state index contributed by atoms with van der Waals surface area (Å²) in [5, 5.41) is 0. The molecular formula is C20H41NaO8S. The van der Waals surface area contributed by atoms with E-state index in [2.05, 4.69) is 11.1 Å². The topological polar surface area (TPSA) is 103 Å². The molecular weight excluding hydrogens is 423 g/mol. The molecule has 0 fully saturated rings. The Labute approximate surface area is 205 Å². The van der Waals surface area contributed by atoms with Gasteiger partial charge in [-0.1, -0.05) is 58.8 Å². The zero-order valence-electron chi connectivity index (χ0n) is 19.3. The fourth-order valence-electron chi connectivity index (χ4n) is 2.59. The molecule has 30 heavy (non-hydrogen) atoms. The average molecular weight is 465 g/mol. The Balaban J connectivity index is 0. The van der Waals surface area contributed by atoms with Crippen molar-refractivity contribution in [1.29, 1.82) is 0 Å². The molecule has 0 N–H and O–H groups in total. The Bertz CT molecular complexity index is 437. The average Bonchev–Trinajstić information content (AvgIpc) is 2.67. The summed E-state index contributed by atoms with van der Waals surface area (Å²) in [5.74, 6) is 0. The Hall–Kier alpha value is 0.710. The van der Waals surface area contributed by atoms with Gasteiger partial charge in [0.15, 0.2) is 0 Å². The molecule has 0 saturated heterocycles. The minimum Gasteiger partial charge on any atom is -0.726 e. The van der Waals surface area contributed by atoms with E-state index in [1.807, 2.05) is 0 Å². The first-order chi connectivity index (χ1) is 14.0. The zero-order valence-corrected chi connectivity index (χ0v) is 22.1. The van der Waals surface area contributed by atoms with Crippen LogP contribution in [0, 0.1) is 0 Å². The number of hydrogen-bond donors (Lipinski definition) is 0. The quantitative estimate of drug-likeness (QED) is 0.0930. The Morgan fingerprint density at radius 2 is 1.10 bits per heavy atom. The predicted molar refractivity (Wildman–Crippen MR) is 111 cm³/mol. The van der Waals surface area contributed by atoms with E-state index in [1.165, 1.54) is 44.9 Å². The Morgan fingerprint density at radius 3 is 1.57 bits per heavy atom. The standard InChI is InChI=1S/C20H42O8S.Na/c1-3-5-6-7-8-9-10-11-12-24-13-14-25-15-16-26-17-18-27-19-20(4-2)28-29(21,22)23;/h20H,3-19H2,1-2H3,(H,21,22,23);/q;+1/p-1. The maximum absolute atomic E-state index is 10.5. The fraction of sp³-hybridized carbons (Fsp3) is 1.00. The number of rotatable bonds is 23. The monoisotopic (exact) mass is 464 g/mol. The minimum atomic E-state index is -4.70. The van der Waals surface area contributed by atoms with Gasteiger partial charge in [0.25, 0.3) is 0 Å². The molecule has 0 saturated carbocycles. The molecule has 0 aromatic heterocycles. The van der Waals surface area contributed by atoms with Crippen molar-refractivity contribution < 1.29 is 65.7 Å². The molecule has 0 aromatic carbocycles. The van der Waals surface area contributed by atoms with Crippen LogP contribution in [-0.2, 0) is 33.5 Å². The number of ether oxygens (including phenoxy) is 4. The van der Waals surface area contributed by atoms with Crippen molar-refractivity contribution >= 4 is 10.4 Å². The van der Waals surface area contributed by atoms with E-state index in [0.717, 1.165) is 13.0 Å². The zero-order chi connectivity index (χ0) is 21.6. The largest absolute Gasteiger partial charge is 1.00 e. The van der Waals surface area contributed by atoms with Crippen LogP contribution in [0.5, 0.6) is 0 Å². The number of unbranched alkanes of at least 4 members (excludes halogenated alkanes) is 7. The fourth-order valence-corrected chi connectivity index (χ4v) is 3.12. The van der Waals surface area contributed by atoms with E-state index in [0.29, 0.717) is 46.1 Å². The predicted octanol–water partition coefficient (Wildman–Crippen LogP) is 0.453. The first-order valence-electron chi connectivity index (χ1n) is 10.9. The van der Waals surface area contributed by atoms with Crippen LogP contribution >= 0.6 is 0 Å². The summed E-state index contributed by atoms with van der Waals surface area (Å²) >= 11 is 0. The normalized spacial score (nSPS) is 12.6. The van der Waals surface area contributed by atoms with Crippen LogP contribution in [0.2, 0.25) is 0 Å². The van der Waals surface area contributed by atoms with Crippen molar-refractivity contribution in [2.24, 2.45) is 0 Å². The van der Waals surface area contributed by atoms with Gasteiger partial charge in [0.05, 0.1) is 52.4 Å². The van der Waals surface area contributed by atoms with Gasteiger partial charge in [0.1, 0.15) is 0 Å². The van der Waals surface area contributed by atoms with E-state index < -0.39 is 16.5 Å². The van der Waals surface area contributed by atoms with Crippen LogP contribution in [0.4, 0.5) is 0 Å². The first kappa shape index (κ1) is 32.9. The molecule has 10 heteroatoms. The molecule has 0 heterocycles. The van der Waals surface area contributed by atoms with Gasteiger partial charge in [0.2, 0.25) is 10.4 Å². The molecule has 0 rings (SSSR count). The van der Waals surface area contributed by atoms with Gasteiger partial charge in [-0.15, -0.1) is 0 Å². The van der Waals surface area contributed by atoms with Crippen molar-refractivity contribution in [3.8, 4) is 0 Å². The molecule has 1 unspecified atom stereocenters. The van der Waals surface area contributed by atoms with Crippen molar-refractivity contribution in [3.63, 3.8) is 0 Å². The third kappa shape index (κ3) is 26.7. The van der Waals surface area contributed by atoms with Crippen LogP contribution in [0.15, 0.2) is 0 Å². The summed E-state index contributed by atoms with van der Waals surface area (Å²) in [6.07, 6.45) is 9.98. The molecule has 0 radical (unpaired) electrons. The molecule has 0 aliphatic rings. The second kappa shape index (κ2) is 24.4. The van der Waals surface area contributed by atoms with E-state index in [4.69, 9.17) is 18.9 Å². The third-order valence-electron chi connectivity index (χ3n) is 4.27. The van der Waals surface area contributed by atoms with Crippen LogP contribution in [-0.4, -0.2) is 71.9 Å². The molecule has 8 nitrogen and oxygen atoms in total. The van der Waals surface area contributed by atoms with Crippen molar-refractivity contribution in [2.45, 2.75) is 77.7 Å². The molecule has 0 aromatic rings. The van der Waals surface area contributed by atoms with E-state index in [-0.39, 0.29) is 36.2 Å². The maximum atomic E-state index is 10.5. The van der Waals surface area contributed by atoms with Gasteiger partial charge >= 0.3 is 29.6 Å². The summed E-state index contributed by atoms with van der Waals surface area (Å²) in [5.41, 5.74) is 0. The minimum absolute atomic E-state index is 0. The van der Waals surface area contributed by atoms with Crippen LogP contribution in [0.3, 0.4) is 0 Å². The van der Waals surface area contributed by atoms with Gasteiger partial charge in [-0.25, -0.2) is 8.42 Å². The van der Waals surface area contributed by atoms with Gasteiger partial charge < -0.3 is 23.5 Å². The smallest absolute Gasteiger partial charge is 0.726 e. The summed E-state index contributed by atoms with van der Waals surface area (Å²) in [6.45, 7) is 7.51. The van der Waals surface area contributed by atoms with Gasteiger partial charge in [-0.2, -0.15) is 0 Å². The molecule has 0 aliphatic carbocycles. The van der Waals surface area contributed by atoms with Gasteiger partial charge in [0, 0.05) is 6.61 Å². The van der Waals surface area contributed by atoms with Crippen molar-refractivity contribution in [2.75, 3.05) is 52.9 Å². The van der Waals surface area contributed by atoms with Crippen LogP contribution in [0.25, 0.3) is 0 Å². The summed E-state index contributed by atoms with van der Waals surface area (Å²) < 4.78 is 57.5. The Kier molecular flexibility index (Phi) is 26.7. The van der Waals surface area contributed by atoms with Gasteiger partial charge in [-0.3, -0.25) is 4.18 Å². The second-order valence-electron chi connectivity index (χ2n) is 6.92. The Morgan fingerprint density at radius 1 is 0.667 bits per heavy atom. The third-order valence-corrected chi connectivity index (χ3v) is 4.78. The molecule has 176 valence electrons. The first-order valence-corrected chi connectivity index (χ1v) is 12.3. The number of hydrogen-bond acceptors (Lipinski definition) is 8. The van der Waals surface area contributed by atoms with E-state index in [9.17, 15) is 13.0 Å². The molecule has 0 amide bonds. The van der Waals surface area contributed by atoms with Crippen molar-refractivity contribution in [1.82, 2.24) is 0 Å². The molecule has 1 atom stereocenters. The van der Waals surface area contributed by atoms with Gasteiger partial charge in [-0.05, 0) is 12.8 Å². The van der Waals surface area contributed by atoms with Crippen LogP contribution < -0.4 is 29.6 Å². The van der Waals surface area contributed by atoms with E-state index >= 15 is 0 Å². The maximum Gasteiger partial charge on any atom is 1.00 e. The van der Waals surface area contributed by atoms with E-state index in [1.54, 1.807) is 6.92 Å². The summed E-state index contributed by atoms with van der Waals surface area (Å²) in [7, 11) is -4.70. The second-order valence-corrected chi connectivity index (χ2v) is 7.93. The van der Waals surface area contributed by atoms with Crippen molar-refractivity contribution in [3.05, 3.63) is 0 Å². The molecule has 0 spiro atoms. The SMILES string of the molecule is CCCCCCCCCCOCCOCCOCCOCC(CC)OS(=O)(=O)[O-].[Na+]. The van der Waals surface area contributed by atoms with Crippen LogP contribution in [0.1, 0.15) is 71.6 Å². The molecule has 0 aliphatic heterocycles. The summed E-state index contributed by atoms with van der Waals surface area (Å²) in [4.78, 5) is 0. The summed E-state index contributed by atoms with van der Waals surface area (Å²) in [6, 6.07) is 0.